The number of unbranched alkanes of at least 4 members (excludes halogenated alkanes) is 1. The summed E-state index contributed by atoms with van der Waals surface area (Å²) in [6, 6.07) is 10.6. The summed E-state index contributed by atoms with van der Waals surface area (Å²) in [6.07, 6.45) is 10.4. The lowest BCUT2D eigenvalue weighted by Gasteiger charge is -2.11. The average Bonchev–Trinajstić information content (AvgIpc) is 3.56. The molecule has 6 aromatic rings. The maximum absolute atomic E-state index is 14.6. The number of nitrogens with one attached hydrogen (secondary N) is 2. The molecule has 0 spiro atoms. The van der Waals surface area contributed by atoms with Gasteiger partial charge in [0, 0.05) is 63.8 Å². The standard InChI is InChI=1S/C29H27FN8O/c1-38(2)7-3-4-8-39-22-10-18(9-21(30)12-22)27-23-13-26(35-25(23)5-6-33-27)28-24-11-19(16-34-29(24)37-36-28)20-14-31-17-32-15-20/h5-6,9-17,35H,3-4,7-8H2,1-2H3,(H,34,36,37). The molecule has 6 rings (SSSR count). The van der Waals surface area contributed by atoms with Crippen LogP contribution in [0.25, 0.3) is 55.7 Å². The Labute approximate surface area is 224 Å². The molecule has 0 radical (unpaired) electrons. The summed E-state index contributed by atoms with van der Waals surface area (Å²) in [4.78, 5) is 22.9. The van der Waals surface area contributed by atoms with Crippen molar-refractivity contribution in [3.63, 3.8) is 0 Å². The van der Waals surface area contributed by atoms with Crippen LogP contribution in [-0.2, 0) is 0 Å². The third-order valence-corrected chi connectivity index (χ3v) is 6.53. The maximum atomic E-state index is 14.6. The smallest absolute Gasteiger partial charge is 0.181 e. The highest BCUT2D eigenvalue weighted by atomic mass is 19.1. The fraction of sp³-hybridized carbons (Fsp3) is 0.207. The van der Waals surface area contributed by atoms with Crippen LogP contribution in [-0.4, -0.2) is 67.3 Å². The molecule has 10 heteroatoms. The van der Waals surface area contributed by atoms with E-state index in [1.165, 1.54) is 18.5 Å². The van der Waals surface area contributed by atoms with Crippen molar-refractivity contribution < 1.29 is 9.13 Å². The molecule has 0 unspecified atom stereocenters. The Balaban J connectivity index is 1.33. The van der Waals surface area contributed by atoms with Crippen LogP contribution in [0.3, 0.4) is 0 Å². The summed E-state index contributed by atoms with van der Waals surface area (Å²) in [5.74, 6) is 0.126. The minimum atomic E-state index is -0.367. The average molecular weight is 523 g/mol. The van der Waals surface area contributed by atoms with Crippen LogP contribution < -0.4 is 4.74 Å². The highest BCUT2D eigenvalue weighted by Crippen LogP contribution is 2.35. The van der Waals surface area contributed by atoms with Gasteiger partial charge in [0.15, 0.2) is 5.65 Å². The number of rotatable bonds is 9. The minimum absolute atomic E-state index is 0.367. The van der Waals surface area contributed by atoms with E-state index in [0.29, 0.717) is 29.3 Å². The molecule has 0 aliphatic rings. The molecule has 2 N–H and O–H groups in total. The van der Waals surface area contributed by atoms with Gasteiger partial charge in [0.1, 0.15) is 17.9 Å². The molecule has 0 aliphatic heterocycles. The van der Waals surface area contributed by atoms with Crippen LogP contribution in [0.4, 0.5) is 4.39 Å². The van der Waals surface area contributed by atoms with Crippen LogP contribution in [0.5, 0.6) is 5.75 Å². The highest BCUT2D eigenvalue weighted by Gasteiger charge is 2.16. The Bertz CT molecular complexity index is 1750. The molecule has 0 amide bonds. The van der Waals surface area contributed by atoms with E-state index in [1.54, 1.807) is 24.8 Å². The SMILES string of the molecule is CN(C)CCCCOc1cc(F)cc(-c2nccc3[nH]c(-c4[nH]nc5ncc(-c6cncnc6)cc45)cc23)c1. The van der Waals surface area contributed by atoms with Crippen molar-refractivity contribution in [2.24, 2.45) is 0 Å². The first-order valence-corrected chi connectivity index (χ1v) is 12.7. The van der Waals surface area contributed by atoms with Gasteiger partial charge in [-0.05, 0) is 63.8 Å². The highest BCUT2D eigenvalue weighted by molar-refractivity contribution is 6.00. The molecule has 5 heterocycles. The summed E-state index contributed by atoms with van der Waals surface area (Å²) in [6.45, 7) is 1.52. The molecule has 0 atom stereocenters. The predicted octanol–water partition coefficient (Wildman–Crippen LogP) is 5.48. The van der Waals surface area contributed by atoms with Crippen molar-refractivity contribution in [1.29, 1.82) is 0 Å². The van der Waals surface area contributed by atoms with Gasteiger partial charge >= 0.3 is 0 Å². The lowest BCUT2D eigenvalue weighted by Crippen LogP contribution is -2.13. The van der Waals surface area contributed by atoms with Gasteiger partial charge in [-0.15, -0.1) is 0 Å². The largest absolute Gasteiger partial charge is 0.493 e. The van der Waals surface area contributed by atoms with Crippen molar-refractivity contribution in [3.8, 4) is 39.5 Å². The summed E-state index contributed by atoms with van der Waals surface area (Å²) in [5, 5.41) is 9.21. The molecule has 196 valence electrons. The van der Waals surface area contributed by atoms with Gasteiger partial charge in [-0.25, -0.2) is 19.3 Å². The van der Waals surface area contributed by atoms with E-state index >= 15 is 0 Å². The number of pyridine rings is 2. The molecule has 0 fully saturated rings. The Morgan fingerprint density at radius 3 is 2.62 bits per heavy atom. The number of benzene rings is 1. The first-order chi connectivity index (χ1) is 19.0. The quantitative estimate of drug-likeness (QED) is 0.242. The molecule has 39 heavy (non-hydrogen) atoms. The summed E-state index contributed by atoms with van der Waals surface area (Å²) in [7, 11) is 4.09. The van der Waals surface area contributed by atoms with Crippen LogP contribution in [0.15, 0.2) is 67.5 Å². The van der Waals surface area contributed by atoms with Crippen LogP contribution in [0, 0.1) is 5.82 Å². The van der Waals surface area contributed by atoms with E-state index in [-0.39, 0.29) is 5.82 Å². The second-order valence-corrected chi connectivity index (χ2v) is 9.66. The molecule has 0 saturated heterocycles. The van der Waals surface area contributed by atoms with E-state index in [4.69, 9.17) is 4.74 Å². The molecule has 0 aliphatic carbocycles. The zero-order chi connectivity index (χ0) is 26.8. The van der Waals surface area contributed by atoms with Crippen molar-refractivity contribution in [1.82, 2.24) is 40.0 Å². The zero-order valence-corrected chi connectivity index (χ0v) is 21.6. The minimum Gasteiger partial charge on any atom is -0.493 e. The monoisotopic (exact) mass is 522 g/mol. The Morgan fingerprint density at radius 2 is 1.77 bits per heavy atom. The Morgan fingerprint density at radius 1 is 0.897 bits per heavy atom. The second kappa shape index (κ2) is 10.6. The molecule has 0 bridgehead atoms. The number of ether oxygens (including phenoxy) is 1. The topological polar surface area (TPSA) is 108 Å². The fourth-order valence-electron chi connectivity index (χ4n) is 4.63. The van der Waals surface area contributed by atoms with Gasteiger partial charge in [0.2, 0.25) is 0 Å². The molecule has 5 aromatic heterocycles. The van der Waals surface area contributed by atoms with E-state index in [2.05, 4.69) is 40.0 Å². The number of hydrogen-bond donors (Lipinski definition) is 2. The lowest BCUT2D eigenvalue weighted by atomic mass is 10.1. The van der Waals surface area contributed by atoms with Gasteiger partial charge < -0.3 is 14.6 Å². The van der Waals surface area contributed by atoms with E-state index in [1.807, 2.05) is 38.4 Å². The predicted molar refractivity (Wildman–Crippen MR) is 149 cm³/mol. The molecular formula is C29H27FN8O. The van der Waals surface area contributed by atoms with Crippen molar-refractivity contribution in [2.45, 2.75) is 12.8 Å². The lowest BCUT2D eigenvalue weighted by molar-refractivity contribution is 0.292. The maximum Gasteiger partial charge on any atom is 0.181 e. The van der Waals surface area contributed by atoms with Crippen molar-refractivity contribution >= 4 is 21.9 Å². The van der Waals surface area contributed by atoms with E-state index in [9.17, 15) is 4.39 Å². The molecular weight excluding hydrogens is 495 g/mol. The first-order valence-electron chi connectivity index (χ1n) is 12.7. The van der Waals surface area contributed by atoms with Crippen molar-refractivity contribution in [3.05, 3.63) is 73.3 Å². The van der Waals surface area contributed by atoms with Crippen LogP contribution in [0.2, 0.25) is 0 Å². The number of hydrogen-bond acceptors (Lipinski definition) is 7. The van der Waals surface area contributed by atoms with Crippen LogP contribution in [0.1, 0.15) is 12.8 Å². The van der Waals surface area contributed by atoms with Gasteiger partial charge in [-0.1, -0.05) is 0 Å². The first kappa shape index (κ1) is 24.6. The molecule has 1 aromatic carbocycles. The van der Waals surface area contributed by atoms with Gasteiger partial charge in [-0.2, -0.15) is 5.10 Å². The number of nitrogens with zero attached hydrogens (tertiary/aromatic N) is 6. The number of halogens is 1. The summed E-state index contributed by atoms with van der Waals surface area (Å²) >= 11 is 0. The van der Waals surface area contributed by atoms with Gasteiger partial charge in [0.25, 0.3) is 0 Å². The number of H-pyrrole nitrogens is 2. The van der Waals surface area contributed by atoms with Gasteiger partial charge in [0.05, 0.1) is 23.7 Å². The van der Waals surface area contributed by atoms with Gasteiger partial charge in [-0.3, -0.25) is 10.1 Å². The zero-order valence-electron chi connectivity index (χ0n) is 21.6. The fourth-order valence-corrected chi connectivity index (χ4v) is 4.63. The third kappa shape index (κ3) is 5.19. The molecule has 0 saturated carbocycles. The molecule has 9 nitrogen and oxygen atoms in total. The Kier molecular flexibility index (Phi) is 6.68. The normalized spacial score (nSPS) is 11.6. The summed E-state index contributed by atoms with van der Waals surface area (Å²) in [5.41, 5.74) is 6.14. The number of fused-ring (bicyclic) bond motifs is 2. The van der Waals surface area contributed by atoms with E-state index in [0.717, 1.165) is 58.2 Å². The second-order valence-electron chi connectivity index (χ2n) is 9.66. The van der Waals surface area contributed by atoms with Crippen molar-refractivity contribution in [2.75, 3.05) is 27.2 Å². The number of aromatic nitrogens is 7. The number of aromatic amines is 2. The van der Waals surface area contributed by atoms with E-state index < -0.39 is 0 Å². The Hall–Kier alpha value is -4.70. The summed E-state index contributed by atoms with van der Waals surface area (Å²) < 4.78 is 20.5. The van der Waals surface area contributed by atoms with Crippen LogP contribution >= 0.6 is 0 Å². The third-order valence-electron chi connectivity index (χ3n) is 6.53.